The maximum absolute atomic E-state index is 9.53. The standard InChI is InChI=1S/C22H14N2.C12H18O3.Ir/c1-3-13-23-21(11-1)19-9-5-7-17(15-19)18-8-6-10-20(16-18)22-12-2-4-14-24-22;1-9(13)8-12(15)7-4-10-2-5-11(14)6-3-10;/h1-14H;2-3,5-6,9,12-15H,4,7-8H2,1H3;/q-2;;. The number of hydrogen-bond acceptors (Lipinski definition) is 5. The van der Waals surface area contributed by atoms with E-state index in [1.165, 1.54) is 0 Å². The van der Waals surface area contributed by atoms with Gasteiger partial charge in [-0.15, -0.1) is 35.4 Å². The van der Waals surface area contributed by atoms with Crippen LogP contribution in [-0.2, 0) is 26.5 Å². The van der Waals surface area contributed by atoms with Crippen LogP contribution in [0.25, 0.3) is 33.6 Å². The third-order valence-corrected chi connectivity index (χ3v) is 6.08. The van der Waals surface area contributed by atoms with Gasteiger partial charge in [-0.3, -0.25) is 9.97 Å². The predicted octanol–water partition coefficient (Wildman–Crippen LogP) is 6.53. The topological polar surface area (TPSA) is 86.5 Å². The summed E-state index contributed by atoms with van der Waals surface area (Å²) in [5.74, 6) is 0.253. The number of aryl methyl sites for hydroxylation is 1. The molecule has 2 atom stereocenters. The van der Waals surface area contributed by atoms with Crippen LogP contribution in [0.15, 0.2) is 109 Å². The second-order valence-corrected chi connectivity index (χ2v) is 9.33. The van der Waals surface area contributed by atoms with Crippen molar-refractivity contribution >= 4 is 0 Å². The predicted molar refractivity (Wildman–Crippen MR) is 155 cm³/mol. The van der Waals surface area contributed by atoms with Crippen LogP contribution in [0.5, 0.6) is 5.75 Å². The Morgan fingerprint density at radius 1 is 0.650 bits per heavy atom. The zero-order chi connectivity index (χ0) is 27.5. The van der Waals surface area contributed by atoms with Gasteiger partial charge in [0.05, 0.1) is 12.2 Å². The van der Waals surface area contributed by atoms with Crippen molar-refractivity contribution in [1.82, 2.24) is 9.97 Å². The largest absolute Gasteiger partial charge is 0.508 e. The van der Waals surface area contributed by atoms with Crippen molar-refractivity contribution in [1.29, 1.82) is 0 Å². The SMILES string of the molecule is CC(O)CC(O)CCc1ccc(O)cc1.[Ir].[c-]1c(-c2[c-]c(-c3ccccn3)ccc2)cccc1-c1ccccn1. The fraction of sp³-hybridized carbons (Fsp3) is 0.176. The van der Waals surface area contributed by atoms with Crippen LogP contribution < -0.4 is 0 Å². The van der Waals surface area contributed by atoms with Gasteiger partial charge in [-0.25, -0.2) is 0 Å². The molecule has 0 fully saturated rings. The molecule has 5 aromatic rings. The summed E-state index contributed by atoms with van der Waals surface area (Å²) in [6.45, 7) is 1.67. The summed E-state index contributed by atoms with van der Waals surface area (Å²) in [5, 5.41) is 27.7. The first-order valence-corrected chi connectivity index (χ1v) is 13.0. The van der Waals surface area contributed by atoms with Crippen LogP contribution >= 0.6 is 0 Å². The molecule has 0 aliphatic heterocycles. The van der Waals surface area contributed by atoms with E-state index in [-0.39, 0.29) is 25.9 Å². The smallest absolute Gasteiger partial charge is 0.115 e. The van der Waals surface area contributed by atoms with E-state index in [9.17, 15) is 5.11 Å². The number of nitrogens with zero attached hydrogens (tertiary/aromatic N) is 2. The minimum Gasteiger partial charge on any atom is -0.508 e. The molecule has 207 valence electrons. The van der Waals surface area contributed by atoms with Crippen LogP contribution in [0.3, 0.4) is 0 Å². The molecule has 0 saturated carbocycles. The van der Waals surface area contributed by atoms with Gasteiger partial charge in [0.15, 0.2) is 0 Å². The number of aliphatic hydroxyl groups is 2. The van der Waals surface area contributed by atoms with Crippen molar-refractivity contribution in [2.75, 3.05) is 0 Å². The first-order valence-electron chi connectivity index (χ1n) is 13.0. The molecule has 5 rings (SSSR count). The first kappa shape index (κ1) is 30.9. The van der Waals surface area contributed by atoms with Gasteiger partial charge in [-0.05, 0) is 56.0 Å². The summed E-state index contributed by atoms with van der Waals surface area (Å²) in [7, 11) is 0. The monoisotopic (exact) mass is 709 g/mol. The van der Waals surface area contributed by atoms with Crippen LogP contribution in [0.4, 0.5) is 0 Å². The van der Waals surface area contributed by atoms with E-state index >= 15 is 0 Å². The summed E-state index contributed by atoms with van der Waals surface area (Å²) in [6, 6.07) is 37.8. The van der Waals surface area contributed by atoms with Gasteiger partial charge in [0.1, 0.15) is 5.75 Å². The number of hydrogen-bond donors (Lipinski definition) is 3. The minimum atomic E-state index is -0.459. The maximum Gasteiger partial charge on any atom is 0.115 e. The fourth-order valence-corrected chi connectivity index (χ4v) is 4.10. The summed E-state index contributed by atoms with van der Waals surface area (Å²) < 4.78 is 0. The van der Waals surface area contributed by atoms with Gasteiger partial charge < -0.3 is 15.3 Å². The summed E-state index contributed by atoms with van der Waals surface area (Å²) >= 11 is 0. The zero-order valence-electron chi connectivity index (χ0n) is 22.2. The quantitative estimate of drug-likeness (QED) is 0.160. The zero-order valence-corrected chi connectivity index (χ0v) is 24.6. The molecule has 3 aromatic carbocycles. The van der Waals surface area contributed by atoms with Gasteiger partial charge in [0.2, 0.25) is 0 Å². The number of phenolic OH excluding ortho intramolecular Hbond substituents is 1. The van der Waals surface area contributed by atoms with Crippen LogP contribution in [0.1, 0.15) is 25.3 Å². The van der Waals surface area contributed by atoms with Crippen molar-refractivity contribution in [3.63, 3.8) is 0 Å². The van der Waals surface area contributed by atoms with Crippen LogP contribution in [0, 0.1) is 12.1 Å². The van der Waals surface area contributed by atoms with Crippen molar-refractivity contribution in [2.45, 2.75) is 38.4 Å². The average Bonchev–Trinajstić information content (AvgIpc) is 2.98. The Bertz CT molecular complexity index is 1350. The second kappa shape index (κ2) is 15.8. The van der Waals surface area contributed by atoms with Gasteiger partial charge >= 0.3 is 0 Å². The Balaban J connectivity index is 0.000000240. The molecule has 0 amide bonds. The van der Waals surface area contributed by atoms with Gasteiger partial charge in [0, 0.05) is 43.9 Å². The van der Waals surface area contributed by atoms with Crippen LogP contribution in [-0.4, -0.2) is 37.5 Å². The maximum atomic E-state index is 9.53. The molecule has 6 heteroatoms. The minimum absolute atomic E-state index is 0. The van der Waals surface area contributed by atoms with Crippen molar-refractivity contribution in [3.05, 3.63) is 127 Å². The molecule has 0 spiro atoms. The van der Waals surface area contributed by atoms with E-state index in [0.29, 0.717) is 12.8 Å². The van der Waals surface area contributed by atoms with Crippen molar-refractivity contribution in [2.24, 2.45) is 0 Å². The Morgan fingerprint density at radius 2 is 1.15 bits per heavy atom. The molecular formula is C34H32IrN2O3-2. The molecule has 40 heavy (non-hydrogen) atoms. The molecule has 0 aliphatic carbocycles. The molecule has 2 unspecified atom stereocenters. The number of aromatic hydroxyl groups is 1. The number of phenols is 1. The van der Waals surface area contributed by atoms with E-state index < -0.39 is 12.2 Å². The summed E-state index contributed by atoms with van der Waals surface area (Å²) in [5.41, 5.74) is 6.86. The molecule has 3 N–H and O–H groups in total. The third-order valence-electron chi connectivity index (χ3n) is 6.08. The first-order chi connectivity index (χ1) is 19.0. The second-order valence-electron chi connectivity index (χ2n) is 9.33. The molecule has 5 nitrogen and oxygen atoms in total. The molecule has 0 saturated heterocycles. The van der Waals surface area contributed by atoms with E-state index in [1.807, 2.05) is 84.9 Å². The molecular weight excluding hydrogens is 677 g/mol. The Kier molecular flexibility index (Phi) is 12.2. The number of aliphatic hydroxyl groups excluding tert-OH is 2. The van der Waals surface area contributed by atoms with E-state index in [2.05, 4.69) is 22.1 Å². The number of pyridine rings is 2. The van der Waals surface area contributed by atoms with Gasteiger partial charge in [-0.2, -0.15) is 35.4 Å². The van der Waals surface area contributed by atoms with Gasteiger partial charge in [-0.1, -0.05) is 36.4 Å². The molecule has 0 aliphatic rings. The molecule has 2 aromatic heterocycles. The van der Waals surface area contributed by atoms with Gasteiger partial charge in [0.25, 0.3) is 0 Å². The van der Waals surface area contributed by atoms with Crippen molar-refractivity contribution < 1.29 is 35.4 Å². The van der Waals surface area contributed by atoms with Crippen LogP contribution in [0.2, 0.25) is 0 Å². The van der Waals surface area contributed by atoms with E-state index in [0.717, 1.165) is 45.6 Å². The Morgan fingerprint density at radius 3 is 1.60 bits per heavy atom. The van der Waals surface area contributed by atoms with Crippen molar-refractivity contribution in [3.8, 4) is 39.4 Å². The average molecular weight is 709 g/mol. The summed E-state index contributed by atoms with van der Waals surface area (Å²) in [4.78, 5) is 8.79. The number of benzene rings is 3. The fourth-order valence-electron chi connectivity index (χ4n) is 4.10. The normalized spacial score (nSPS) is 11.9. The summed E-state index contributed by atoms with van der Waals surface area (Å²) in [6.07, 6.45) is 4.48. The number of rotatable bonds is 8. The third kappa shape index (κ3) is 9.51. The van der Waals surface area contributed by atoms with E-state index in [1.54, 1.807) is 31.5 Å². The van der Waals surface area contributed by atoms with E-state index in [4.69, 9.17) is 10.2 Å². The Hall–Kier alpha value is -3.67. The molecule has 0 bridgehead atoms. The molecule has 1 radical (unpaired) electrons. The number of aromatic nitrogens is 2. The molecule has 2 heterocycles. The Labute approximate surface area is 249 Å².